The maximum atomic E-state index is 6.51. The summed E-state index contributed by atoms with van der Waals surface area (Å²) in [6, 6.07) is 64.3. The van der Waals surface area contributed by atoms with Crippen LogP contribution in [0, 0.1) is 0 Å². The number of benzene rings is 7. The van der Waals surface area contributed by atoms with E-state index in [-0.39, 0.29) is 0 Å². The summed E-state index contributed by atoms with van der Waals surface area (Å²) < 4.78 is 8.87. The molecule has 0 atom stereocenters. The van der Waals surface area contributed by atoms with Gasteiger partial charge >= 0.3 is 0 Å². The standard InChI is InChI=1S/C47H30N2O/c1-2-13-31(14-3-1)32-15-10-16-33(27-32)35-29-42(48-43(30-35)41-23-12-22-40-39-21-6-9-26-46(39)50-47(40)41)34-17-11-18-36(28-34)49-44-24-7-4-19-37(44)38-20-5-8-25-45(38)49/h1-30H. The van der Waals surface area contributed by atoms with Crippen LogP contribution in [0.2, 0.25) is 0 Å². The van der Waals surface area contributed by atoms with E-state index >= 15 is 0 Å². The number of nitrogens with zero attached hydrogens (tertiary/aromatic N) is 2. The second-order valence-electron chi connectivity index (χ2n) is 12.8. The molecule has 0 radical (unpaired) electrons. The number of aromatic nitrogens is 2. The fourth-order valence-electron chi connectivity index (χ4n) is 7.45. The summed E-state index contributed by atoms with van der Waals surface area (Å²) >= 11 is 0. The number of pyridine rings is 1. The fourth-order valence-corrected chi connectivity index (χ4v) is 7.45. The number of hydrogen-bond acceptors (Lipinski definition) is 2. The summed E-state index contributed by atoms with van der Waals surface area (Å²) in [5, 5.41) is 4.68. The number of hydrogen-bond donors (Lipinski definition) is 0. The minimum atomic E-state index is 0.848. The molecular formula is C47H30N2O. The Morgan fingerprint density at radius 2 is 0.960 bits per heavy atom. The van der Waals surface area contributed by atoms with Crippen LogP contribution in [0.5, 0.6) is 0 Å². The first-order valence-corrected chi connectivity index (χ1v) is 17.0. The highest BCUT2D eigenvalue weighted by molar-refractivity contribution is 6.10. The van der Waals surface area contributed by atoms with Gasteiger partial charge in [0.25, 0.3) is 0 Å². The topological polar surface area (TPSA) is 31.0 Å². The van der Waals surface area contributed by atoms with E-state index in [1.54, 1.807) is 0 Å². The van der Waals surface area contributed by atoms with E-state index in [1.165, 1.54) is 32.9 Å². The minimum absolute atomic E-state index is 0.848. The molecule has 0 unspecified atom stereocenters. The molecule has 10 rings (SSSR count). The molecular weight excluding hydrogens is 609 g/mol. The molecule has 10 aromatic rings. The summed E-state index contributed by atoms with van der Waals surface area (Å²) in [6.45, 7) is 0. The molecule has 0 aliphatic rings. The average Bonchev–Trinajstić information content (AvgIpc) is 3.74. The van der Waals surface area contributed by atoms with Crippen molar-refractivity contribution in [3.05, 3.63) is 182 Å². The molecule has 0 aliphatic heterocycles. The predicted molar refractivity (Wildman–Crippen MR) is 208 cm³/mol. The minimum Gasteiger partial charge on any atom is -0.455 e. The lowest BCUT2D eigenvalue weighted by atomic mass is 9.96. The molecule has 0 aliphatic carbocycles. The van der Waals surface area contributed by atoms with E-state index in [1.807, 2.05) is 12.1 Å². The normalized spacial score (nSPS) is 11.6. The summed E-state index contributed by atoms with van der Waals surface area (Å²) in [7, 11) is 0. The summed E-state index contributed by atoms with van der Waals surface area (Å²) in [5.74, 6) is 0. The molecule has 0 amide bonds. The molecule has 0 N–H and O–H groups in total. The van der Waals surface area contributed by atoms with Gasteiger partial charge in [-0.3, -0.25) is 0 Å². The van der Waals surface area contributed by atoms with Crippen molar-refractivity contribution in [2.24, 2.45) is 0 Å². The third-order valence-corrected chi connectivity index (χ3v) is 9.79. The van der Waals surface area contributed by atoms with Gasteiger partial charge in [-0.2, -0.15) is 0 Å². The number of furan rings is 1. The van der Waals surface area contributed by atoms with Crippen molar-refractivity contribution in [3.63, 3.8) is 0 Å². The highest BCUT2D eigenvalue weighted by Crippen LogP contribution is 2.39. The number of para-hydroxylation sites is 4. The zero-order valence-corrected chi connectivity index (χ0v) is 27.1. The third kappa shape index (κ3) is 4.63. The Bertz CT molecular complexity index is 2820. The molecule has 0 fully saturated rings. The van der Waals surface area contributed by atoms with Gasteiger partial charge in [0.05, 0.1) is 22.4 Å². The molecule has 0 saturated carbocycles. The Labute approximate surface area is 289 Å². The van der Waals surface area contributed by atoms with E-state index in [4.69, 9.17) is 9.40 Å². The van der Waals surface area contributed by atoms with Gasteiger partial charge in [-0.15, -0.1) is 0 Å². The van der Waals surface area contributed by atoms with Gasteiger partial charge in [0.2, 0.25) is 0 Å². The zero-order valence-electron chi connectivity index (χ0n) is 27.1. The first-order chi connectivity index (χ1) is 24.8. The smallest absolute Gasteiger partial charge is 0.144 e. The van der Waals surface area contributed by atoms with Crippen LogP contribution in [0.4, 0.5) is 0 Å². The molecule has 0 bridgehead atoms. The summed E-state index contributed by atoms with van der Waals surface area (Å²) in [5.41, 5.74) is 13.6. The van der Waals surface area contributed by atoms with E-state index in [0.717, 1.165) is 61.3 Å². The molecule has 50 heavy (non-hydrogen) atoms. The molecule has 0 spiro atoms. The highest BCUT2D eigenvalue weighted by Gasteiger charge is 2.17. The van der Waals surface area contributed by atoms with Gasteiger partial charge in [-0.1, -0.05) is 127 Å². The van der Waals surface area contributed by atoms with Crippen LogP contribution in [0.3, 0.4) is 0 Å². The van der Waals surface area contributed by atoms with Crippen molar-refractivity contribution in [2.45, 2.75) is 0 Å². The zero-order chi connectivity index (χ0) is 33.0. The largest absolute Gasteiger partial charge is 0.455 e. The van der Waals surface area contributed by atoms with Crippen LogP contribution in [0.15, 0.2) is 186 Å². The first kappa shape index (κ1) is 28.3. The fraction of sp³-hybridized carbons (Fsp3) is 0. The number of rotatable bonds is 5. The first-order valence-electron chi connectivity index (χ1n) is 17.0. The monoisotopic (exact) mass is 638 g/mol. The van der Waals surface area contributed by atoms with E-state index in [2.05, 4.69) is 174 Å². The Hall–Kier alpha value is -6.71. The van der Waals surface area contributed by atoms with E-state index in [9.17, 15) is 0 Å². The highest BCUT2D eigenvalue weighted by atomic mass is 16.3. The van der Waals surface area contributed by atoms with E-state index in [0.29, 0.717) is 0 Å². The quantitative estimate of drug-likeness (QED) is 0.188. The lowest BCUT2D eigenvalue weighted by molar-refractivity contribution is 0.670. The molecule has 3 heterocycles. The van der Waals surface area contributed by atoms with Gasteiger partial charge in [-0.05, 0) is 76.9 Å². The molecule has 0 saturated heterocycles. The van der Waals surface area contributed by atoms with Crippen LogP contribution < -0.4 is 0 Å². The summed E-state index contributed by atoms with van der Waals surface area (Å²) in [6.07, 6.45) is 0. The molecule has 3 heteroatoms. The van der Waals surface area contributed by atoms with Gasteiger partial charge in [0, 0.05) is 38.4 Å². The lowest BCUT2D eigenvalue weighted by Crippen LogP contribution is -1.96. The van der Waals surface area contributed by atoms with Crippen molar-refractivity contribution in [3.8, 4) is 50.5 Å². The third-order valence-electron chi connectivity index (χ3n) is 9.79. The van der Waals surface area contributed by atoms with Crippen molar-refractivity contribution >= 4 is 43.7 Å². The van der Waals surface area contributed by atoms with Crippen molar-refractivity contribution in [1.29, 1.82) is 0 Å². The summed E-state index contributed by atoms with van der Waals surface area (Å²) in [4.78, 5) is 5.38. The Kier molecular flexibility index (Phi) is 6.49. The Balaban J connectivity index is 1.19. The molecule has 234 valence electrons. The molecule has 3 aromatic heterocycles. The van der Waals surface area contributed by atoms with Crippen LogP contribution in [0.1, 0.15) is 0 Å². The van der Waals surface area contributed by atoms with Crippen LogP contribution in [-0.2, 0) is 0 Å². The van der Waals surface area contributed by atoms with Crippen molar-refractivity contribution < 1.29 is 4.42 Å². The maximum absolute atomic E-state index is 6.51. The predicted octanol–water partition coefficient (Wildman–Crippen LogP) is 12.7. The van der Waals surface area contributed by atoms with Gasteiger partial charge in [-0.25, -0.2) is 4.98 Å². The Morgan fingerprint density at radius 1 is 0.380 bits per heavy atom. The van der Waals surface area contributed by atoms with Crippen LogP contribution >= 0.6 is 0 Å². The van der Waals surface area contributed by atoms with Crippen molar-refractivity contribution in [1.82, 2.24) is 9.55 Å². The maximum Gasteiger partial charge on any atom is 0.144 e. The van der Waals surface area contributed by atoms with Gasteiger partial charge in [0.15, 0.2) is 0 Å². The number of fused-ring (bicyclic) bond motifs is 6. The van der Waals surface area contributed by atoms with Gasteiger partial charge in [0.1, 0.15) is 11.2 Å². The van der Waals surface area contributed by atoms with Crippen LogP contribution in [0.25, 0.3) is 94.2 Å². The van der Waals surface area contributed by atoms with Crippen LogP contribution in [-0.4, -0.2) is 9.55 Å². The average molecular weight is 639 g/mol. The molecule has 7 aromatic carbocycles. The SMILES string of the molecule is c1ccc(-c2cccc(-c3cc(-c4cccc(-n5c6ccccc6c6ccccc65)c4)nc(-c4cccc5c4oc4ccccc45)c3)c2)cc1. The second kappa shape index (κ2) is 11.5. The lowest BCUT2D eigenvalue weighted by Gasteiger charge is -2.13. The Morgan fingerprint density at radius 3 is 1.76 bits per heavy atom. The second-order valence-corrected chi connectivity index (χ2v) is 12.8. The van der Waals surface area contributed by atoms with Gasteiger partial charge < -0.3 is 8.98 Å². The van der Waals surface area contributed by atoms with E-state index < -0.39 is 0 Å². The molecule has 3 nitrogen and oxygen atoms in total. The van der Waals surface area contributed by atoms with Crippen molar-refractivity contribution in [2.75, 3.05) is 0 Å².